The number of nitrogens with one attached hydrogen (secondary N) is 1. The Morgan fingerprint density at radius 2 is 1.77 bits per heavy atom. The summed E-state index contributed by atoms with van der Waals surface area (Å²) in [6, 6.07) is 11.8. The first-order chi connectivity index (χ1) is 16.3. The molecule has 2 amide bonds. The smallest absolute Gasteiger partial charge is 0.244 e. The molecule has 0 heterocycles. The van der Waals surface area contributed by atoms with Crippen LogP contribution in [0.15, 0.2) is 42.5 Å². The van der Waals surface area contributed by atoms with Crippen molar-refractivity contribution >= 4 is 39.1 Å². The average Bonchev–Trinajstić information content (AvgIpc) is 2.76. The number of aryl methyl sites for hydroxylation is 2. The number of anilines is 1. The summed E-state index contributed by atoms with van der Waals surface area (Å²) >= 11 is 6.14. The minimum Gasteiger partial charge on any atom is -0.354 e. The minimum atomic E-state index is -3.81. The molecule has 0 saturated heterocycles. The van der Waals surface area contributed by atoms with Crippen molar-refractivity contribution in [2.24, 2.45) is 5.92 Å². The van der Waals surface area contributed by atoms with Gasteiger partial charge in [0.2, 0.25) is 21.8 Å². The summed E-state index contributed by atoms with van der Waals surface area (Å²) in [5.41, 5.74) is 2.89. The molecule has 9 heteroatoms. The molecule has 1 N–H and O–H groups in total. The van der Waals surface area contributed by atoms with Crippen molar-refractivity contribution in [2.45, 2.75) is 53.6 Å². The maximum absolute atomic E-state index is 13.7. The highest BCUT2D eigenvalue weighted by atomic mass is 35.5. The van der Waals surface area contributed by atoms with E-state index in [1.54, 1.807) is 19.1 Å². The van der Waals surface area contributed by atoms with E-state index in [1.165, 1.54) is 11.0 Å². The van der Waals surface area contributed by atoms with Gasteiger partial charge in [0.1, 0.15) is 12.6 Å². The van der Waals surface area contributed by atoms with Crippen molar-refractivity contribution in [3.05, 3.63) is 64.2 Å². The third-order valence-electron chi connectivity index (χ3n) is 5.62. The van der Waals surface area contributed by atoms with Crippen molar-refractivity contribution in [3.63, 3.8) is 0 Å². The number of nitrogens with zero attached hydrogens (tertiary/aromatic N) is 2. The van der Waals surface area contributed by atoms with Crippen LogP contribution < -0.4 is 9.62 Å². The Morgan fingerprint density at radius 3 is 2.34 bits per heavy atom. The van der Waals surface area contributed by atoms with Crippen LogP contribution in [0, 0.1) is 19.8 Å². The highest BCUT2D eigenvalue weighted by Gasteiger charge is 2.32. The van der Waals surface area contributed by atoms with E-state index >= 15 is 0 Å². The van der Waals surface area contributed by atoms with Gasteiger partial charge in [0.25, 0.3) is 0 Å². The summed E-state index contributed by atoms with van der Waals surface area (Å²) in [5.74, 6) is -0.473. The standard InChI is InChI=1S/C26H36ClN3O4S/c1-7-23(26(32)28-15-18(2)3)29(16-21-10-8-9-19(4)13-21)25(31)17-30(35(6,33)34)24-14-22(27)12-11-20(24)5/h8-14,18,23H,7,15-17H2,1-6H3,(H,28,32). The second-order valence-electron chi connectivity index (χ2n) is 9.27. The number of hydrogen-bond acceptors (Lipinski definition) is 4. The zero-order valence-electron chi connectivity index (χ0n) is 21.3. The second-order valence-corrected chi connectivity index (χ2v) is 11.6. The summed E-state index contributed by atoms with van der Waals surface area (Å²) in [6.45, 7) is 9.76. The number of sulfonamides is 1. The van der Waals surface area contributed by atoms with Crippen LogP contribution in [0.3, 0.4) is 0 Å². The number of carbonyl (C=O) groups is 2. The predicted molar refractivity (Wildman–Crippen MR) is 142 cm³/mol. The fourth-order valence-corrected chi connectivity index (χ4v) is 4.86. The lowest BCUT2D eigenvalue weighted by atomic mass is 10.1. The zero-order chi connectivity index (χ0) is 26.3. The number of amides is 2. The molecule has 0 radical (unpaired) electrons. The Balaban J connectivity index is 2.47. The van der Waals surface area contributed by atoms with Crippen molar-refractivity contribution < 1.29 is 18.0 Å². The normalized spacial score (nSPS) is 12.3. The molecule has 2 aromatic carbocycles. The topological polar surface area (TPSA) is 86.8 Å². The Kier molecular flexibility index (Phi) is 10.2. The van der Waals surface area contributed by atoms with Crippen LogP contribution in [-0.4, -0.2) is 50.5 Å². The summed E-state index contributed by atoms with van der Waals surface area (Å²) in [4.78, 5) is 28.3. The van der Waals surface area contributed by atoms with Crippen molar-refractivity contribution in [3.8, 4) is 0 Å². The Labute approximate surface area is 214 Å². The molecule has 7 nitrogen and oxygen atoms in total. The van der Waals surface area contributed by atoms with Gasteiger partial charge in [-0.1, -0.05) is 68.3 Å². The lowest BCUT2D eigenvalue weighted by molar-refractivity contribution is -0.140. The van der Waals surface area contributed by atoms with E-state index in [4.69, 9.17) is 11.6 Å². The van der Waals surface area contributed by atoms with E-state index in [2.05, 4.69) is 5.32 Å². The number of rotatable bonds is 11. The van der Waals surface area contributed by atoms with Crippen LogP contribution in [0.2, 0.25) is 5.02 Å². The SMILES string of the molecule is CCC(C(=O)NCC(C)C)N(Cc1cccc(C)c1)C(=O)CN(c1cc(Cl)ccc1C)S(C)(=O)=O. The van der Waals surface area contributed by atoms with Crippen LogP contribution in [-0.2, 0) is 26.2 Å². The van der Waals surface area contributed by atoms with Gasteiger partial charge in [-0.25, -0.2) is 8.42 Å². The van der Waals surface area contributed by atoms with Gasteiger partial charge >= 0.3 is 0 Å². The van der Waals surface area contributed by atoms with E-state index < -0.39 is 28.5 Å². The van der Waals surface area contributed by atoms with Crippen molar-refractivity contribution in [1.82, 2.24) is 10.2 Å². The maximum atomic E-state index is 13.7. The zero-order valence-corrected chi connectivity index (χ0v) is 22.9. The lowest BCUT2D eigenvalue weighted by Gasteiger charge is -2.33. The third kappa shape index (κ3) is 8.25. The summed E-state index contributed by atoms with van der Waals surface area (Å²) in [6.07, 6.45) is 1.44. The van der Waals surface area contributed by atoms with Crippen LogP contribution in [0.5, 0.6) is 0 Å². The second kappa shape index (κ2) is 12.4. The van der Waals surface area contributed by atoms with Gasteiger partial charge in [0.05, 0.1) is 11.9 Å². The monoisotopic (exact) mass is 521 g/mol. The first-order valence-corrected chi connectivity index (χ1v) is 13.9. The molecule has 1 unspecified atom stereocenters. The Hall–Kier alpha value is -2.58. The Morgan fingerprint density at radius 1 is 1.09 bits per heavy atom. The van der Waals surface area contributed by atoms with E-state index in [0.29, 0.717) is 29.2 Å². The van der Waals surface area contributed by atoms with E-state index in [9.17, 15) is 18.0 Å². The number of hydrogen-bond donors (Lipinski definition) is 1. The molecular formula is C26H36ClN3O4S. The van der Waals surface area contributed by atoms with Gasteiger partial charge in [-0.3, -0.25) is 13.9 Å². The molecule has 0 bridgehead atoms. The molecule has 0 saturated carbocycles. The van der Waals surface area contributed by atoms with Gasteiger partial charge in [-0.05, 0) is 49.4 Å². The first kappa shape index (κ1) is 28.7. The molecule has 0 aliphatic rings. The molecule has 0 spiro atoms. The van der Waals surface area contributed by atoms with Gasteiger partial charge in [0.15, 0.2) is 0 Å². The van der Waals surface area contributed by atoms with Crippen LogP contribution in [0.4, 0.5) is 5.69 Å². The number of benzene rings is 2. The third-order valence-corrected chi connectivity index (χ3v) is 6.99. The summed E-state index contributed by atoms with van der Waals surface area (Å²) < 4.78 is 26.5. The number of carbonyl (C=O) groups excluding carboxylic acids is 2. The molecule has 0 aliphatic heterocycles. The molecule has 2 rings (SSSR count). The molecule has 0 aromatic heterocycles. The molecule has 192 valence electrons. The summed E-state index contributed by atoms with van der Waals surface area (Å²) in [5, 5.41) is 3.28. The molecule has 0 aliphatic carbocycles. The van der Waals surface area contributed by atoms with Gasteiger partial charge in [-0.15, -0.1) is 0 Å². The largest absolute Gasteiger partial charge is 0.354 e. The van der Waals surface area contributed by atoms with Crippen LogP contribution >= 0.6 is 11.6 Å². The highest BCUT2D eigenvalue weighted by molar-refractivity contribution is 7.92. The van der Waals surface area contributed by atoms with Gasteiger partial charge < -0.3 is 10.2 Å². The molecular weight excluding hydrogens is 486 g/mol. The molecule has 0 fully saturated rings. The quantitative estimate of drug-likeness (QED) is 0.477. The minimum absolute atomic E-state index is 0.181. The summed E-state index contributed by atoms with van der Waals surface area (Å²) in [7, 11) is -3.81. The molecule has 35 heavy (non-hydrogen) atoms. The highest BCUT2D eigenvalue weighted by Crippen LogP contribution is 2.27. The first-order valence-electron chi connectivity index (χ1n) is 11.7. The fourth-order valence-electron chi connectivity index (χ4n) is 3.80. The van der Waals surface area contributed by atoms with Crippen molar-refractivity contribution in [1.29, 1.82) is 0 Å². The molecule has 1 atom stereocenters. The van der Waals surface area contributed by atoms with E-state index in [0.717, 1.165) is 21.7 Å². The van der Waals surface area contributed by atoms with E-state index in [1.807, 2.05) is 52.0 Å². The predicted octanol–water partition coefficient (Wildman–Crippen LogP) is 4.30. The van der Waals surface area contributed by atoms with Gasteiger partial charge in [0, 0.05) is 18.1 Å². The molecule has 2 aromatic rings. The maximum Gasteiger partial charge on any atom is 0.244 e. The lowest BCUT2D eigenvalue weighted by Crippen LogP contribution is -2.52. The van der Waals surface area contributed by atoms with Crippen LogP contribution in [0.25, 0.3) is 0 Å². The van der Waals surface area contributed by atoms with Gasteiger partial charge in [-0.2, -0.15) is 0 Å². The average molecular weight is 522 g/mol. The van der Waals surface area contributed by atoms with E-state index in [-0.39, 0.29) is 18.4 Å². The fraction of sp³-hybridized carbons (Fsp3) is 0.462. The van der Waals surface area contributed by atoms with Crippen molar-refractivity contribution in [2.75, 3.05) is 23.7 Å². The number of halogens is 1. The Bertz CT molecular complexity index is 1150. The van der Waals surface area contributed by atoms with Crippen LogP contribution in [0.1, 0.15) is 43.9 Å².